The van der Waals surface area contributed by atoms with Gasteiger partial charge in [-0.05, 0) is 24.3 Å². The van der Waals surface area contributed by atoms with E-state index in [4.69, 9.17) is 39.5 Å². The smallest absolute Gasteiger partial charge is 0.360 e. The van der Waals surface area contributed by atoms with E-state index in [1.54, 1.807) is 0 Å². The summed E-state index contributed by atoms with van der Waals surface area (Å²) in [5.74, 6) is -0.888. The number of anilines is 1. The third kappa shape index (κ3) is 4.90. The highest BCUT2D eigenvalue weighted by Gasteiger charge is 2.23. The minimum absolute atomic E-state index is 0.0110. The molecule has 3 heterocycles. The van der Waals surface area contributed by atoms with Gasteiger partial charge in [-0.15, -0.1) is 11.3 Å². The number of hydrogen-bond donors (Lipinski definition) is 1. The Balaban J connectivity index is 1.98. The van der Waals surface area contributed by atoms with Gasteiger partial charge in [0.2, 0.25) is 5.88 Å². The van der Waals surface area contributed by atoms with E-state index in [1.807, 2.05) is 0 Å². The van der Waals surface area contributed by atoms with E-state index in [0.29, 0.717) is 0 Å². The van der Waals surface area contributed by atoms with Crippen LogP contribution < -0.4 is 9.46 Å². The molecule has 8 nitrogen and oxygen atoms in total. The molecule has 0 radical (unpaired) electrons. The summed E-state index contributed by atoms with van der Waals surface area (Å²) in [4.78, 5) is 19.8. The zero-order valence-corrected chi connectivity index (χ0v) is 18.3. The Hall–Kier alpha value is -2.11. The van der Waals surface area contributed by atoms with Crippen LogP contribution in [0.15, 0.2) is 40.9 Å². The summed E-state index contributed by atoms with van der Waals surface area (Å²) in [5.41, 5.74) is -0.185. The van der Waals surface area contributed by atoms with Crippen LogP contribution in [-0.2, 0) is 14.8 Å². The van der Waals surface area contributed by atoms with Crippen LogP contribution in [0.2, 0.25) is 14.4 Å². The normalized spacial score (nSPS) is 11.2. The van der Waals surface area contributed by atoms with Crippen LogP contribution >= 0.6 is 46.1 Å². The van der Waals surface area contributed by atoms with Gasteiger partial charge >= 0.3 is 5.97 Å². The lowest BCUT2D eigenvalue weighted by Gasteiger charge is -2.13. The highest BCUT2D eigenvalue weighted by molar-refractivity contribution is 7.94. The van der Waals surface area contributed by atoms with Crippen LogP contribution in [0.3, 0.4) is 0 Å². The first-order chi connectivity index (χ1) is 13.7. The number of ether oxygens (including phenoxy) is 2. The molecule has 3 aromatic heterocycles. The van der Waals surface area contributed by atoms with Crippen molar-refractivity contribution in [1.29, 1.82) is 0 Å². The molecule has 152 valence electrons. The van der Waals surface area contributed by atoms with Crippen molar-refractivity contribution in [2.75, 3.05) is 11.8 Å². The third-order valence-electron chi connectivity index (χ3n) is 3.31. The number of carbonyl (C=O) groups excluding carboxylic acids is 1. The number of nitrogens with zero attached hydrogens (tertiary/aromatic N) is 2. The molecule has 0 saturated heterocycles. The van der Waals surface area contributed by atoms with Crippen LogP contribution in [0.1, 0.15) is 10.5 Å². The van der Waals surface area contributed by atoms with Crippen LogP contribution in [0.5, 0.6) is 11.6 Å². The quantitative estimate of drug-likeness (QED) is 0.487. The van der Waals surface area contributed by atoms with Crippen molar-refractivity contribution in [1.82, 2.24) is 9.97 Å². The standard InChI is InChI=1S/C16H10Cl3N3O5S2/c1-26-16(23)13-11(3-2-4-20-13)27-15-10(5-8(17)7-21-15)22-29(24,25)12-6-9(18)14(19)28-12/h2-7,22H,1H3. The van der Waals surface area contributed by atoms with Crippen LogP contribution in [0.25, 0.3) is 0 Å². The first kappa shape index (κ1) is 21.6. The number of rotatable bonds is 6. The fourth-order valence-electron chi connectivity index (χ4n) is 2.06. The Morgan fingerprint density at radius 3 is 2.62 bits per heavy atom. The van der Waals surface area contributed by atoms with Gasteiger partial charge in [0.25, 0.3) is 10.0 Å². The lowest BCUT2D eigenvalue weighted by atomic mass is 10.3. The van der Waals surface area contributed by atoms with Crippen molar-refractivity contribution in [3.05, 3.63) is 56.7 Å². The molecule has 13 heteroatoms. The van der Waals surface area contributed by atoms with Gasteiger partial charge in [0.1, 0.15) is 14.2 Å². The van der Waals surface area contributed by atoms with Crippen LogP contribution in [0.4, 0.5) is 5.69 Å². The lowest BCUT2D eigenvalue weighted by molar-refractivity contribution is 0.0591. The minimum atomic E-state index is -4.06. The molecule has 0 aliphatic rings. The fourth-order valence-corrected chi connectivity index (χ4v) is 5.15. The van der Waals surface area contributed by atoms with E-state index in [-0.39, 0.29) is 41.6 Å². The Labute approximate surface area is 184 Å². The SMILES string of the molecule is COC(=O)c1ncccc1Oc1ncc(Cl)cc1NS(=O)(=O)c1cc(Cl)c(Cl)s1. The molecule has 0 spiro atoms. The summed E-state index contributed by atoms with van der Waals surface area (Å²) >= 11 is 18.4. The van der Waals surface area contributed by atoms with Gasteiger partial charge in [-0.3, -0.25) is 4.72 Å². The Morgan fingerprint density at radius 2 is 1.97 bits per heavy atom. The summed E-state index contributed by atoms with van der Waals surface area (Å²) in [6.45, 7) is 0. The van der Waals surface area contributed by atoms with Gasteiger partial charge in [-0.25, -0.2) is 23.2 Å². The molecular weight excluding hydrogens is 485 g/mol. The molecule has 3 rings (SSSR count). The fraction of sp³-hybridized carbons (Fsp3) is 0.0625. The topological polar surface area (TPSA) is 107 Å². The first-order valence-corrected chi connectivity index (χ1v) is 11.0. The summed E-state index contributed by atoms with van der Waals surface area (Å²) in [7, 11) is -2.87. The van der Waals surface area contributed by atoms with Crippen molar-refractivity contribution < 1.29 is 22.7 Å². The van der Waals surface area contributed by atoms with Gasteiger partial charge in [-0.2, -0.15) is 0 Å². The molecule has 1 N–H and O–H groups in total. The maximum absolute atomic E-state index is 12.7. The summed E-state index contributed by atoms with van der Waals surface area (Å²) < 4.78 is 38.0. The highest BCUT2D eigenvalue weighted by Crippen LogP contribution is 2.37. The molecule has 0 aromatic carbocycles. The van der Waals surface area contributed by atoms with Gasteiger partial charge in [-0.1, -0.05) is 34.8 Å². The molecule has 0 atom stereocenters. The van der Waals surface area contributed by atoms with Crippen molar-refractivity contribution >= 4 is 67.8 Å². The second-order valence-electron chi connectivity index (χ2n) is 5.24. The zero-order chi connectivity index (χ0) is 21.2. The number of sulfonamides is 1. The van der Waals surface area contributed by atoms with E-state index < -0.39 is 16.0 Å². The van der Waals surface area contributed by atoms with E-state index in [9.17, 15) is 13.2 Å². The number of hydrogen-bond acceptors (Lipinski definition) is 8. The first-order valence-electron chi connectivity index (χ1n) is 7.55. The van der Waals surface area contributed by atoms with Crippen LogP contribution in [0, 0.1) is 0 Å². The van der Waals surface area contributed by atoms with Gasteiger partial charge < -0.3 is 9.47 Å². The number of carbonyl (C=O) groups is 1. The van der Waals surface area contributed by atoms with E-state index in [1.165, 1.54) is 43.8 Å². The number of methoxy groups -OCH3 is 1. The van der Waals surface area contributed by atoms with Crippen molar-refractivity contribution in [3.63, 3.8) is 0 Å². The number of esters is 1. The molecule has 0 aliphatic carbocycles. The molecule has 0 saturated carbocycles. The van der Waals surface area contributed by atoms with E-state index in [0.717, 1.165) is 11.3 Å². The van der Waals surface area contributed by atoms with E-state index in [2.05, 4.69) is 19.4 Å². The van der Waals surface area contributed by atoms with Gasteiger partial charge in [0, 0.05) is 12.4 Å². The minimum Gasteiger partial charge on any atom is -0.464 e. The molecular formula is C16H10Cl3N3O5S2. The molecule has 0 amide bonds. The third-order valence-corrected chi connectivity index (χ3v) is 7.22. The second kappa shape index (κ2) is 8.72. The van der Waals surface area contributed by atoms with E-state index >= 15 is 0 Å². The maximum Gasteiger partial charge on any atom is 0.360 e. The van der Waals surface area contributed by atoms with Gasteiger partial charge in [0.15, 0.2) is 11.4 Å². The second-order valence-corrected chi connectivity index (χ2v) is 9.65. The molecule has 0 bridgehead atoms. The molecule has 0 fully saturated rings. The predicted octanol–water partition coefficient (Wildman–Crippen LogP) is 4.88. The summed E-state index contributed by atoms with van der Waals surface area (Å²) in [6, 6.07) is 5.49. The summed E-state index contributed by atoms with van der Waals surface area (Å²) in [6.07, 6.45) is 2.63. The monoisotopic (exact) mass is 493 g/mol. The van der Waals surface area contributed by atoms with Crippen molar-refractivity contribution in [2.24, 2.45) is 0 Å². The van der Waals surface area contributed by atoms with Gasteiger partial charge in [0.05, 0.1) is 17.2 Å². The van der Waals surface area contributed by atoms with Crippen LogP contribution in [-0.4, -0.2) is 31.5 Å². The number of thiophene rings is 1. The predicted molar refractivity (Wildman–Crippen MR) is 110 cm³/mol. The lowest BCUT2D eigenvalue weighted by Crippen LogP contribution is -2.13. The number of aromatic nitrogens is 2. The highest BCUT2D eigenvalue weighted by atomic mass is 35.5. The number of pyridine rings is 2. The molecule has 0 aliphatic heterocycles. The average Bonchev–Trinajstić information content (AvgIpc) is 3.03. The van der Waals surface area contributed by atoms with Crippen molar-refractivity contribution in [3.8, 4) is 11.6 Å². The largest absolute Gasteiger partial charge is 0.464 e. The number of nitrogens with one attached hydrogen (secondary N) is 1. The Morgan fingerprint density at radius 1 is 1.21 bits per heavy atom. The molecule has 3 aromatic rings. The average molecular weight is 495 g/mol. The number of halogens is 3. The zero-order valence-electron chi connectivity index (χ0n) is 14.4. The molecule has 0 unspecified atom stereocenters. The summed E-state index contributed by atoms with van der Waals surface area (Å²) in [5, 5.41) is 0.257. The Bertz CT molecular complexity index is 1160. The van der Waals surface area contributed by atoms with Crippen molar-refractivity contribution in [2.45, 2.75) is 4.21 Å². The molecule has 29 heavy (non-hydrogen) atoms. The maximum atomic E-state index is 12.7. The Kier molecular flexibility index (Phi) is 6.49.